The molecule has 9 heteroatoms. The van der Waals surface area contributed by atoms with Crippen LogP contribution in [0.15, 0.2) is 24.3 Å². The molecule has 9 nitrogen and oxygen atoms in total. The maximum Gasteiger partial charge on any atom is 0.329 e. The minimum atomic E-state index is -1.17. The van der Waals surface area contributed by atoms with E-state index < -0.39 is 42.4 Å². The molecule has 0 unspecified atom stereocenters. The fourth-order valence-corrected chi connectivity index (χ4v) is 3.00. The molecule has 0 spiro atoms. The first-order valence-corrected chi connectivity index (χ1v) is 9.89. The van der Waals surface area contributed by atoms with E-state index in [0.717, 1.165) is 4.90 Å². The first-order valence-electron chi connectivity index (χ1n) is 9.89. The molecule has 162 valence electrons. The molecule has 1 aromatic carbocycles. The van der Waals surface area contributed by atoms with Crippen LogP contribution in [0.4, 0.5) is 4.79 Å². The van der Waals surface area contributed by atoms with Crippen molar-refractivity contribution in [1.29, 1.82) is 0 Å². The van der Waals surface area contributed by atoms with Gasteiger partial charge in [0.05, 0.1) is 11.1 Å². The summed E-state index contributed by atoms with van der Waals surface area (Å²) in [6.45, 7) is 6.63. The normalized spacial score (nSPS) is 14.9. The molecular formula is C21H27N3O6. The molecule has 30 heavy (non-hydrogen) atoms. The molecule has 0 saturated carbocycles. The van der Waals surface area contributed by atoms with Crippen molar-refractivity contribution in [3.63, 3.8) is 0 Å². The summed E-state index contributed by atoms with van der Waals surface area (Å²) in [4.78, 5) is 62.6. The zero-order valence-electron chi connectivity index (χ0n) is 17.6. The van der Waals surface area contributed by atoms with E-state index in [1.165, 1.54) is 12.1 Å². The van der Waals surface area contributed by atoms with E-state index in [1.54, 1.807) is 19.1 Å². The van der Waals surface area contributed by atoms with Gasteiger partial charge in [0.25, 0.3) is 17.7 Å². The van der Waals surface area contributed by atoms with Gasteiger partial charge in [0.15, 0.2) is 6.61 Å². The SMILES string of the molecule is CC[C@@H](C)NC(=O)NC(=O)COC(=O)[C@H](CC(C)C)N1C(=O)c2ccccc2C1=O. The summed E-state index contributed by atoms with van der Waals surface area (Å²) in [5.74, 6) is -2.86. The van der Waals surface area contributed by atoms with Gasteiger partial charge >= 0.3 is 12.0 Å². The van der Waals surface area contributed by atoms with Gasteiger partial charge in [0.1, 0.15) is 6.04 Å². The summed E-state index contributed by atoms with van der Waals surface area (Å²) in [5, 5.41) is 4.62. The Kier molecular flexibility index (Phi) is 7.68. The Bertz CT molecular complexity index is 816. The maximum absolute atomic E-state index is 12.7. The van der Waals surface area contributed by atoms with Crippen molar-refractivity contribution in [2.45, 2.75) is 52.6 Å². The molecule has 1 heterocycles. The number of fused-ring (bicyclic) bond motifs is 1. The number of carbonyl (C=O) groups excluding carboxylic acids is 5. The molecule has 0 aliphatic carbocycles. The minimum absolute atomic E-state index is 0.0259. The number of urea groups is 1. The van der Waals surface area contributed by atoms with Crippen LogP contribution in [-0.4, -0.2) is 53.3 Å². The van der Waals surface area contributed by atoms with Gasteiger partial charge in [-0.25, -0.2) is 9.59 Å². The van der Waals surface area contributed by atoms with Crippen molar-refractivity contribution in [3.05, 3.63) is 35.4 Å². The van der Waals surface area contributed by atoms with Gasteiger partial charge in [0, 0.05) is 6.04 Å². The van der Waals surface area contributed by atoms with Crippen LogP contribution in [0.3, 0.4) is 0 Å². The van der Waals surface area contributed by atoms with Crippen molar-refractivity contribution in [2.75, 3.05) is 6.61 Å². The second-order valence-corrected chi connectivity index (χ2v) is 7.61. The number of amides is 5. The predicted octanol–water partition coefficient (Wildman–Crippen LogP) is 1.86. The van der Waals surface area contributed by atoms with E-state index in [0.29, 0.717) is 6.42 Å². The number of esters is 1. The van der Waals surface area contributed by atoms with E-state index in [1.807, 2.05) is 20.8 Å². The molecule has 1 aliphatic rings. The van der Waals surface area contributed by atoms with Crippen LogP contribution >= 0.6 is 0 Å². The van der Waals surface area contributed by atoms with E-state index in [2.05, 4.69) is 10.6 Å². The molecule has 5 amide bonds. The highest BCUT2D eigenvalue weighted by atomic mass is 16.5. The predicted molar refractivity (Wildman–Crippen MR) is 108 cm³/mol. The number of nitrogens with zero attached hydrogens (tertiary/aromatic N) is 1. The minimum Gasteiger partial charge on any atom is -0.454 e. The zero-order valence-corrected chi connectivity index (χ0v) is 17.6. The molecule has 0 saturated heterocycles. The molecule has 2 N–H and O–H groups in total. The van der Waals surface area contributed by atoms with Crippen molar-refractivity contribution >= 4 is 29.7 Å². The third kappa shape index (κ3) is 5.43. The maximum atomic E-state index is 12.7. The Labute approximate surface area is 175 Å². The summed E-state index contributed by atoms with van der Waals surface area (Å²) in [6, 6.07) is 4.34. The standard InChI is InChI=1S/C21H27N3O6/c1-5-13(4)22-21(29)23-17(25)11-30-20(28)16(10-12(2)3)24-18(26)14-8-6-7-9-15(14)19(24)27/h6-9,12-13,16H,5,10-11H2,1-4H3,(H2,22,23,25,29)/t13-,16+/m1/s1. The van der Waals surface area contributed by atoms with E-state index >= 15 is 0 Å². The molecule has 2 atom stereocenters. The Balaban J connectivity index is 2.05. The van der Waals surface area contributed by atoms with E-state index in [-0.39, 0.29) is 29.5 Å². The van der Waals surface area contributed by atoms with Crippen LogP contribution < -0.4 is 10.6 Å². The van der Waals surface area contributed by atoms with Crippen molar-refractivity contribution in [3.8, 4) is 0 Å². The first kappa shape index (κ1) is 23.1. The van der Waals surface area contributed by atoms with Gasteiger partial charge in [-0.05, 0) is 37.8 Å². The highest BCUT2D eigenvalue weighted by molar-refractivity contribution is 6.22. The van der Waals surface area contributed by atoms with Gasteiger partial charge in [-0.15, -0.1) is 0 Å². The largest absolute Gasteiger partial charge is 0.454 e. The number of benzene rings is 1. The van der Waals surface area contributed by atoms with Gasteiger partial charge in [-0.1, -0.05) is 32.9 Å². The Hall–Kier alpha value is -3.23. The fraction of sp³-hybridized carbons (Fsp3) is 0.476. The van der Waals surface area contributed by atoms with Crippen LogP contribution in [-0.2, 0) is 14.3 Å². The molecule has 2 rings (SSSR count). The van der Waals surface area contributed by atoms with Crippen molar-refractivity contribution < 1.29 is 28.7 Å². The van der Waals surface area contributed by atoms with Gasteiger partial charge in [-0.2, -0.15) is 0 Å². The number of imide groups is 2. The highest BCUT2D eigenvalue weighted by Crippen LogP contribution is 2.27. The summed E-state index contributed by atoms with van der Waals surface area (Å²) >= 11 is 0. The topological polar surface area (TPSA) is 122 Å². The van der Waals surface area contributed by atoms with Gasteiger partial charge in [0.2, 0.25) is 0 Å². The number of nitrogens with one attached hydrogen (secondary N) is 2. The summed E-state index contributed by atoms with van der Waals surface area (Å²) in [7, 11) is 0. The number of carbonyl (C=O) groups is 5. The number of ether oxygens (including phenoxy) is 1. The Morgan fingerprint density at radius 2 is 1.60 bits per heavy atom. The van der Waals surface area contributed by atoms with Gasteiger partial charge in [-0.3, -0.25) is 24.6 Å². The smallest absolute Gasteiger partial charge is 0.329 e. The average Bonchev–Trinajstić information content (AvgIpc) is 2.94. The molecule has 0 aromatic heterocycles. The number of hydrogen-bond acceptors (Lipinski definition) is 6. The van der Waals surface area contributed by atoms with E-state index in [9.17, 15) is 24.0 Å². The lowest BCUT2D eigenvalue weighted by atomic mass is 10.0. The second-order valence-electron chi connectivity index (χ2n) is 7.61. The average molecular weight is 417 g/mol. The first-order chi connectivity index (χ1) is 14.1. The van der Waals surface area contributed by atoms with Crippen LogP contribution in [0.25, 0.3) is 0 Å². The van der Waals surface area contributed by atoms with E-state index in [4.69, 9.17) is 4.74 Å². The molecule has 0 fully saturated rings. The summed E-state index contributed by atoms with van der Waals surface area (Å²) < 4.78 is 5.03. The lowest BCUT2D eigenvalue weighted by molar-refractivity contribution is -0.152. The quantitative estimate of drug-likeness (QED) is 0.492. The molecule has 0 radical (unpaired) electrons. The monoisotopic (exact) mass is 417 g/mol. The fourth-order valence-electron chi connectivity index (χ4n) is 3.00. The second kappa shape index (κ2) is 10.00. The van der Waals surface area contributed by atoms with Crippen LogP contribution in [0.1, 0.15) is 61.3 Å². The molecular weight excluding hydrogens is 390 g/mol. The van der Waals surface area contributed by atoms with Crippen LogP contribution in [0, 0.1) is 5.92 Å². The van der Waals surface area contributed by atoms with Gasteiger partial charge < -0.3 is 10.1 Å². The highest BCUT2D eigenvalue weighted by Gasteiger charge is 2.43. The van der Waals surface area contributed by atoms with Crippen LogP contribution in [0.2, 0.25) is 0 Å². The number of hydrogen-bond donors (Lipinski definition) is 2. The molecule has 1 aromatic rings. The van der Waals surface area contributed by atoms with Crippen molar-refractivity contribution in [1.82, 2.24) is 15.5 Å². The molecule has 0 bridgehead atoms. The number of rotatable bonds is 8. The third-order valence-corrected chi connectivity index (χ3v) is 4.69. The third-order valence-electron chi connectivity index (χ3n) is 4.69. The van der Waals surface area contributed by atoms with Crippen LogP contribution in [0.5, 0.6) is 0 Å². The zero-order chi connectivity index (χ0) is 22.4. The Morgan fingerprint density at radius 1 is 1.03 bits per heavy atom. The summed E-state index contributed by atoms with van der Waals surface area (Å²) in [5.41, 5.74) is 0.451. The summed E-state index contributed by atoms with van der Waals surface area (Å²) in [6.07, 6.45) is 0.869. The Morgan fingerprint density at radius 3 is 2.10 bits per heavy atom. The molecule has 1 aliphatic heterocycles. The lowest BCUT2D eigenvalue weighted by Crippen LogP contribution is -2.48. The lowest BCUT2D eigenvalue weighted by Gasteiger charge is -2.25. The van der Waals surface area contributed by atoms with Crippen molar-refractivity contribution in [2.24, 2.45) is 5.92 Å².